The first-order valence-electron chi connectivity index (χ1n) is 4.78. The molecule has 0 saturated carbocycles. The highest BCUT2D eigenvalue weighted by Gasteiger charge is 2.16. The first kappa shape index (κ1) is 14.4. The van der Waals surface area contributed by atoms with E-state index in [9.17, 15) is 4.79 Å². The van der Waals surface area contributed by atoms with Crippen LogP contribution in [0.25, 0.3) is 0 Å². The molecule has 0 N–H and O–H groups in total. The minimum atomic E-state index is -0.517. The van der Waals surface area contributed by atoms with Gasteiger partial charge in [-0.05, 0) is 18.4 Å². The van der Waals surface area contributed by atoms with Crippen molar-refractivity contribution in [2.75, 3.05) is 18.1 Å². The van der Waals surface area contributed by atoms with Crippen LogP contribution >= 0.6 is 23.5 Å². The van der Waals surface area contributed by atoms with Gasteiger partial charge in [0.2, 0.25) is 0 Å². The van der Waals surface area contributed by atoms with Gasteiger partial charge >= 0.3 is 5.97 Å². The molecule has 0 aliphatic heterocycles. The number of thioether (sulfide) groups is 2. The average Bonchev–Trinajstić information content (AvgIpc) is 2.20. The molecular formula is C10H15NO2S2. The van der Waals surface area contributed by atoms with E-state index in [0.29, 0.717) is 6.61 Å². The summed E-state index contributed by atoms with van der Waals surface area (Å²) in [6.45, 7) is 6.00. The van der Waals surface area contributed by atoms with Crippen LogP contribution in [0.1, 0.15) is 20.8 Å². The fourth-order valence-electron chi connectivity index (χ4n) is 0.826. The molecule has 3 nitrogen and oxygen atoms in total. The summed E-state index contributed by atoms with van der Waals surface area (Å²) in [5, 5.41) is 8.91. The Labute approximate surface area is 99.2 Å². The van der Waals surface area contributed by atoms with E-state index in [0.717, 1.165) is 15.7 Å². The van der Waals surface area contributed by atoms with Gasteiger partial charge in [0, 0.05) is 0 Å². The minimum absolute atomic E-state index is 0.135. The van der Waals surface area contributed by atoms with Gasteiger partial charge < -0.3 is 4.74 Å². The number of nitriles is 1. The molecule has 5 heteroatoms. The lowest BCUT2D eigenvalue weighted by Crippen LogP contribution is -2.07. The SMILES string of the molecule is CCOC(=O)C(C#N)=C(SCC)SCC. The quantitative estimate of drug-likeness (QED) is 0.409. The molecule has 84 valence electrons. The smallest absolute Gasteiger partial charge is 0.350 e. The molecule has 0 aromatic rings. The highest BCUT2D eigenvalue weighted by atomic mass is 32.2. The van der Waals surface area contributed by atoms with Crippen molar-refractivity contribution in [2.24, 2.45) is 0 Å². The first-order chi connectivity index (χ1) is 7.21. The topological polar surface area (TPSA) is 50.1 Å². The summed E-state index contributed by atoms with van der Waals surface area (Å²) in [6.07, 6.45) is 0. The normalized spacial score (nSPS) is 9.20. The van der Waals surface area contributed by atoms with Crippen molar-refractivity contribution in [3.8, 4) is 6.07 Å². The van der Waals surface area contributed by atoms with Gasteiger partial charge in [-0.3, -0.25) is 0 Å². The van der Waals surface area contributed by atoms with Gasteiger partial charge in [-0.25, -0.2) is 4.79 Å². The fourth-order valence-corrected chi connectivity index (χ4v) is 2.94. The molecule has 0 rings (SSSR count). The third kappa shape index (κ3) is 5.14. The van der Waals surface area contributed by atoms with Crippen LogP contribution in [-0.4, -0.2) is 24.1 Å². The molecule has 15 heavy (non-hydrogen) atoms. The summed E-state index contributed by atoms with van der Waals surface area (Å²) in [4.78, 5) is 11.4. The van der Waals surface area contributed by atoms with Crippen molar-refractivity contribution in [1.82, 2.24) is 0 Å². The van der Waals surface area contributed by atoms with Crippen LogP contribution in [0.3, 0.4) is 0 Å². The third-order valence-electron chi connectivity index (χ3n) is 1.35. The van der Waals surface area contributed by atoms with Crippen LogP contribution in [0.2, 0.25) is 0 Å². The van der Waals surface area contributed by atoms with Crippen LogP contribution in [0.15, 0.2) is 9.81 Å². The summed E-state index contributed by atoms with van der Waals surface area (Å²) in [7, 11) is 0. The van der Waals surface area contributed by atoms with Crippen molar-refractivity contribution in [3.63, 3.8) is 0 Å². The Kier molecular flexibility index (Phi) is 8.34. The maximum Gasteiger partial charge on any atom is 0.350 e. The Morgan fingerprint density at radius 3 is 2.13 bits per heavy atom. The van der Waals surface area contributed by atoms with Crippen molar-refractivity contribution in [3.05, 3.63) is 9.81 Å². The van der Waals surface area contributed by atoms with E-state index in [1.807, 2.05) is 19.9 Å². The molecule has 0 spiro atoms. The molecule has 0 saturated heterocycles. The maximum absolute atomic E-state index is 11.4. The lowest BCUT2D eigenvalue weighted by atomic mass is 10.3. The molecule has 0 radical (unpaired) electrons. The van der Waals surface area contributed by atoms with Crippen LogP contribution < -0.4 is 0 Å². The fraction of sp³-hybridized carbons (Fsp3) is 0.600. The molecular weight excluding hydrogens is 230 g/mol. The van der Waals surface area contributed by atoms with Gasteiger partial charge in [-0.15, -0.1) is 23.5 Å². The average molecular weight is 245 g/mol. The Hall–Kier alpha value is -0.600. The number of esters is 1. The second-order valence-electron chi connectivity index (χ2n) is 2.36. The Bertz CT molecular complexity index is 274. The number of carbonyl (C=O) groups is 1. The van der Waals surface area contributed by atoms with Gasteiger partial charge in [-0.1, -0.05) is 13.8 Å². The largest absolute Gasteiger partial charge is 0.462 e. The minimum Gasteiger partial charge on any atom is -0.462 e. The van der Waals surface area contributed by atoms with Gasteiger partial charge in [0.05, 0.1) is 10.8 Å². The van der Waals surface area contributed by atoms with Crippen LogP contribution in [0, 0.1) is 11.3 Å². The van der Waals surface area contributed by atoms with Crippen molar-refractivity contribution in [2.45, 2.75) is 20.8 Å². The maximum atomic E-state index is 11.4. The van der Waals surface area contributed by atoms with Crippen LogP contribution in [-0.2, 0) is 9.53 Å². The molecule has 0 aliphatic carbocycles. The Morgan fingerprint density at radius 2 is 1.80 bits per heavy atom. The zero-order chi connectivity index (χ0) is 11.7. The predicted molar refractivity (Wildman–Crippen MR) is 65.5 cm³/mol. The summed E-state index contributed by atoms with van der Waals surface area (Å²) >= 11 is 3.01. The zero-order valence-electron chi connectivity index (χ0n) is 9.20. The van der Waals surface area contributed by atoms with Crippen molar-refractivity contribution >= 4 is 29.5 Å². The number of hydrogen-bond acceptors (Lipinski definition) is 5. The number of rotatable bonds is 6. The Balaban J connectivity index is 4.87. The molecule has 0 atom stereocenters. The zero-order valence-corrected chi connectivity index (χ0v) is 10.8. The number of nitrogens with zero attached hydrogens (tertiary/aromatic N) is 1. The van der Waals surface area contributed by atoms with Crippen molar-refractivity contribution in [1.29, 1.82) is 5.26 Å². The van der Waals surface area contributed by atoms with E-state index in [2.05, 4.69) is 0 Å². The van der Waals surface area contributed by atoms with Gasteiger partial charge in [0.1, 0.15) is 6.07 Å². The second kappa shape index (κ2) is 8.69. The van der Waals surface area contributed by atoms with E-state index in [4.69, 9.17) is 10.00 Å². The van der Waals surface area contributed by atoms with Gasteiger partial charge in [0.15, 0.2) is 5.57 Å². The van der Waals surface area contributed by atoms with E-state index in [1.54, 1.807) is 6.92 Å². The van der Waals surface area contributed by atoms with Crippen LogP contribution in [0.5, 0.6) is 0 Å². The van der Waals surface area contributed by atoms with Gasteiger partial charge in [0.25, 0.3) is 0 Å². The Morgan fingerprint density at radius 1 is 1.27 bits per heavy atom. The summed E-state index contributed by atoms with van der Waals surface area (Å²) in [5.74, 6) is 1.16. The molecule has 0 aromatic carbocycles. The highest BCUT2D eigenvalue weighted by molar-refractivity contribution is 8.22. The molecule has 0 heterocycles. The highest BCUT2D eigenvalue weighted by Crippen LogP contribution is 2.31. The molecule has 0 aliphatic rings. The molecule has 0 amide bonds. The monoisotopic (exact) mass is 245 g/mol. The van der Waals surface area contributed by atoms with Crippen molar-refractivity contribution < 1.29 is 9.53 Å². The van der Waals surface area contributed by atoms with E-state index in [1.165, 1.54) is 23.5 Å². The molecule has 0 aromatic heterocycles. The van der Waals surface area contributed by atoms with E-state index in [-0.39, 0.29) is 5.57 Å². The molecule has 0 fully saturated rings. The number of carbonyl (C=O) groups excluding carboxylic acids is 1. The van der Waals surface area contributed by atoms with Gasteiger partial charge in [-0.2, -0.15) is 5.26 Å². The second-order valence-corrected chi connectivity index (χ2v) is 5.17. The lowest BCUT2D eigenvalue weighted by molar-refractivity contribution is -0.138. The molecule has 0 bridgehead atoms. The molecule has 0 unspecified atom stereocenters. The van der Waals surface area contributed by atoms with Crippen LogP contribution in [0.4, 0.5) is 0 Å². The number of ether oxygens (including phenoxy) is 1. The van der Waals surface area contributed by atoms with E-state index >= 15 is 0 Å². The summed E-state index contributed by atoms with van der Waals surface area (Å²) in [6, 6.07) is 1.92. The first-order valence-corrected chi connectivity index (χ1v) is 6.75. The lowest BCUT2D eigenvalue weighted by Gasteiger charge is -2.06. The summed E-state index contributed by atoms with van der Waals surface area (Å²) < 4.78 is 5.59. The third-order valence-corrected chi connectivity index (χ3v) is 3.56. The number of hydrogen-bond donors (Lipinski definition) is 0. The summed E-state index contributed by atoms with van der Waals surface area (Å²) in [5.41, 5.74) is 0.135. The predicted octanol–water partition coefficient (Wildman–Crippen LogP) is 2.79. The standard InChI is InChI=1S/C10H15NO2S2/c1-4-13-9(12)8(7-11)10(14-5-2)15-6-3/h4-6H2,1-3H3. The van der Waals surface area contributed by atoms with E-state index < -0.39 is 5.97 Å².